The largest absolute Gasteiger partial charge is 0.494 e. The van der Waals surface area contributed by atoms with E-state index in [2.05, 4.69) is 16.8 Å². The maximum Gasteiger partial charge on any atom is 0.343 e. The highest BCUT2D eigenvalue weighted by Crippen LogP contribution is 2.27. The Morgan fingerprint density at radius 2 is 1.22 bits per heavy atom. The second-order valence-corrected chi connectivity index (χ2v) is 13.5. The van der Waals surface area contributed by atoms with Crippen LogP contribution in [0.2, 0.25) is 0 Å². The number of esters is 4. The van der Waals surface area contributed by atoms with Crippen molar-refractivity contribution < 1.29 is 42.9 Å². The molecule has 0 aliphatic carbocycles. The van der Waals surface area contributed by atoms with E-state index >= 15 is 0 Å². The number of rotatable bonds is 19. The van der Waals surface area contributed by atoms with Crippen molar-refractivity contribution in [2.75, 3.05) is 19.8 Å². The fourth-order valence-electron chi connectivity index (χ4n) is 5.63. The first-order valence-electron chi connectivity index (χ1n) is 18.3. The summed E-state index contributed by atoms with van der Waals surface area (Å²) in [7, 11) is 0. The molecule has 0 spiro atoms. The quantitative estimate of drug-likeness (QED) is 0.0301. The summed E-state index contributed by atoms with van der Waals surface area (Å²) in [4.78, 5) is 49.2. The molecule has 0 atom stereocenters. The second kappa shape index (κ2) is 21.0. The highest BCUT2D eigenvalue weighted by atomic mass is 16.5. The lowest BCUT2D eigenvalue weighted by atomic mass is 9.86. The molecule has 288 valence electrons. The minimum atomic E-state index is -0.572. The van der Waals surface area contributed by atoms with Gasteiger partial charge in [0.1, 0.15) is 17.2 Å². The molecule has 0 N–H and O–H groups in total. The Kier molecular flexibility index (Phi) is 15.9. The molecule has 0 aliphatic heterocycles. The van der Waals surface area contributed by atoms with Gasteiger partial charge in [0.2, 0.25) is 0 Å². The molecular formula is C44H48N2O9. The summed E-state index contributed by atoms with van der Waals surface area (Å²) in [5, 5.41) is 8.55. The van der Waals surface area contributed by atoms with E-state index < -0.39 is 17.9 Å². The van der Waals surface area contributed by atoms with Crippen LogP contribution in [0.25, 0.3) is 0 Å². The van der Waals surface area contributed by atoms with Crippen LogP contribution in [0.15, 0.2) is 114 Å². The number of aryl methyl sites for hydroxylation is 1. The van der Waals surface area contributed by atoms with Crippen molar-refractivity contribution in [2.24, 2.45) is 28.0 Å². The van der Waals surface area contributed by atoms with Crippen molar-refractivity contribution in [3.63, 3.8) is 0 Å². The summed E-state index contributed by atoms with van der Waals surface area (Å²) in [6.07, 6.45) is 3.11. The lowest BCUT2D eigenvalue weighted by Crippen LogP contribution is -2.27. The van der Waals surface area contributed by atoms with Crippen LogP contribution in [0.3, 0.4) is 0 Å². The molecule has 4 rings (SSSR count). The molecule has 0 amide bonds. The normalized spacial score (nSPS) is 11.1. The molecule has 0 saturated carbocycles. The first kappa shape index (κ1) is 41.7. The van der Waals surface area contributed by atoms with Crippen molar-refractivity contribution in [3.05, 3.63) is 126 Å². The Bertz CT molecular complexity index is 1930. The van der Waals surface area contributed by atoms with Crippen molar-refractivity contribution in [2.45, 2.75) is 53.9 Å². The van der Waals surface area contributed by atoms with Gasteiger partial charge in [-0.25, -0.2) is 14.4 Å². The number of carbonyl (C=O) groups is 4. The third kappa shape index (κ3) is 13.4. The maximum absolute atomic E-state index is 12.9. The molecule has 11 heteroatoms. The van der Waals surface area contributed by atoms with Crippen LogP contribution in [0.4, 0.5) is 11.4 Å². The predicted molar refractivity (Wildman–Crippen MR) is 208 cm³/mol. The van der Waals surface area contributed by atoms with Gasteiger partial charge in [0.05, 0.1) is 48.2 Å². The van der Waals surface area contributed by atoms with Gasteiger partial charge in [-0.3, -0.25) is 4.79 Å². The van der Waals surface area contributed by atoms with Crippen LogP contribution in [0.1, 0.15) is 72.4 Å². The third-order valence-electron chi connectivity index (χ3n) is 8.53. The lowest BCUT2D eigenvalue weighted by Gasteiger charge is -2.22. The van der Waals surface area contributed by atoms with Crippen molar-refractivity contribution in [3.8, 4) is 17.2 Å². The third-order valence-corrected chi connectivity index (χ3v) is 8.53. The second-order valence-electron chi connectivity index (χ2n) is 13.5. The summed E-state index contributed by atoms with van der Waals surface area (Å²) in [5.74, 6) is -0.128. The number of unbranched alkanes of at least 4 members (excludes halogenated alkanes) is 1. The minimum absolute atomic E-state index is 0.107. The number of hydrogen-bond acceptors (Lipinski definition) is 11. The average molecular weight is 749 g/mol. The highest BCUT2D eigenvalue weighted by molar-refractivity contribution is 5.93. The van der Waals surface area contributed by atoms with Crippen molar-refractivity contribution in [1.82, 2.24) is 0 Å². The fraction of sp³-hybridized carbons (Fsp3) is 0.318. The van der Waals surface area contributed by atoms with Gasteiger partial charge in [-0.2, -0.15) is 10.2 Å². The summed E-state index contributed by atoms with van der Waals surface area (Å²) < 4.78 is 27.3. The van der Waals surface area contributed by atoms with E-state index in [0.29, 0.717) is 66.5 Å². The summed E-state index contributed by atoms with van der Waals surface area (Å²) in [6, 6.07) is 25.2. The van der Waals surface area contributed by atoms with Crippen LogP contribution in [-0.2, 0) is 25.5 Å². The number of benzene rings is 4. The van der Waals surface area contributed by atoms with Crippen LogP contribution in [-0.4, -0.2) is 43.7 Å². The highest BCUT2D eigenvalue weighted by Gasteiger charge is 2.26. The van der Waals surface area contributed by atoms with Crippen molar-refractivity contribution >= 4 is 35.3 Å². The molecule has 0 saturated heterocycles. The van der Waals surface area contributed by atoms with E-state index in [-0.39, 0.29) is 41.6 Å². The first-order chi connectivity index (χ1) is 26.4. The molecule has 0 heterocycles. The Hall–Kier alpha value is -6.10. The molecule has 55 heavy (non-hydrogen) atoms. The summed E-state index contributed by atoms with van der Waals surface area (Å²) in [5.41, 5.74) is 3.53. The van der Waals surface area contributed by atoms with Crippen LogP contribution < -0.4 is 14.2 Å². The summed E-state index contributed by atoms with van der Waals surface area (Å²) in [6.45, 7) is 14.4. The Balaban J connectivity index is 1.19. The standard InChI is InChI=1S/C44H48N2O9/c1-7-40(47)52-27-24-32-10-16-35(17-11-32)45-46-36-18-23-39(31(6)28-36)55-43(49)34-14-21-38(22-15-34)54-42(48)33-12-19-37(20-13-33)51-25-8-9-26-53-44(50)41(29(2)3)30(4)5/h7,10-23,28-30,41H,1,8-9,24-27H2,2-6H3. The van der Waals surface area contributed by atoms with Gasteiger partial charge in [0, 0.05) is 12.5 Å². The molecule has 0 radical (unpaired) electrons. The van der Waals surface area contributed by atoms with E-state index in [9.17, 15) is 19.2 Å². The van der Waals surface area contributed by atoms with E-state index in [1.165, 1.54) is 24.3 Å². The van der Waals surface area contributed by atoms with Gasteiger partial charge in [0.25, 0.3) is 0 Å². The summed E-state index contributed by atoms with van der Waals surface area (Å²) >= 11 is 0. The topological polar surface area (TPSA) is 139 Å². The average Bonchev–Trinajstić information content (AvgIpc) is 3.17. The Labute approximate surface area is 322 Å². The minimum Gasteiger partial charge on any atom is -0.494 e. The van der Waals surface area contributed by atoms with Gasteiger partial charge >= 0.3 is 23.9 Å². The van der Waals surface area contributed by atoms with E-state index in [0.717, 1.165) is 11.6 Å². The van der Waals surface area contributed by atoms with Gasteiger partial charge in [-0.15, -0.1) is 0 Å². The molecule has 0 aromatic heterocycles. The van der Waals surface area contributed by atoms with Crippen LogP contribution in [0.5, 0.6) is 17.2 Å². The number of hydrogen-bond donors (Lipinski definition) is 0. The lowest BCUT2D eigenvalue weighted by molar-refractivity contribution is -0.152. The van der Waals surface area contributed by atoms with E-state index in [1.54, 1.807) is 49.4 Å². The number of azo groups is 1. The molecule has 0 fully saturated rings. The zero-order chi connectivity index (χ0) is 39.7. The molecule has 0 bridgehead atoms. The molecule has 0 unspecified atom stereocenters. The number of carbonyl (C=O) groups excluding carboxylic acids is 4. The van der Waals surface area contributed by atoms with Crippen LogP contribution in [0, 0.1) is 24.7 Å². The predicted octanol–water partition coefficient (Wildman–Crippen LogP) is 9.75. The van der Waals surface area contributed by atoms with Gasteiger partial charge in [0.15, 0.2) is 0 Å². The Morgan fingerprint density at radius 1 is 0.655 bits per heavy atom. The zero-order valence-electron chi connectivity index (χ0n) is 32.0. The molecule has 0 aliphatic rings. The van der Waals surface area contributed by atoms with Gasteiger partial charge in [-0.1, -0.05) is 46.4 Å². The van der Waals surface area contributed by atoms with Crippen molar-refractivity contribution in [1.29, 1.82) is 0 Å². The molecule has 4 aromatic carbocycles. The number of ether oxygens (including phenoxy) is 5. The van der Waals surface area contributed by atoms with E-state index in [1.807, 2.05) is 52.0 Å². The number of nitrogens with zero attached hydrogens (tertiary/aromatic N) is 2. The van der Waals surface area contributed by atoms with Gasteiger partial charge < -0.3 is 23.7 Å². The van der Waals surface area contributed by atoms with Crippen LogP contribution >= 0.6 is 0 Å². The Morgan fingerprint density at radius 3 is 1.82 bits per heavy atom. The molecular weight excluding hydrogens is 700 g/mol. The fourth-order valence-corrected chi connectivity index (χ4v) is 5.63. The SMILES string of the molecule is C=CC(=O)OCCc1ccc(N=Nc2ccc(OC(=O)c3ccc(OC(=O)c4ccc(OCCCCOC(=O)C(C(C)C)C(C)C)cc4)cc3)c(C)c2)cc1. The molecule has 4 aromatic rings. The smallest absolute Gasteiger partial charge is 0.343 e. The van der Waals surface area contributed by atoms with E-state index in [4.69, 9.17) is 23.7 Å². The first-order valence-corrected chi connectivity index (χ1v) is 18.3. The monoisotopic (exact) mass is 748 g/mol. The molecule has 11 nitrogen and oxygen atoms in total. The zero-order valence-corrected chi connectivity index (χ0v) is 32.0. The maximum atomic E-state index is 12.9. The van der Waals surface area contributed by atoms with Gasteiger partial charge in [-0.05, 0) is 122 Å².